The Hall–Kier alpha value is -2.57. The minimum Gasteiger partial charge on any atom is -0.467 e. The van der Waals surface area contributed by atoms with Crippen LogP contribution in [0.15, 0.2) is 24.3 Å². The molecule has 0 saturated carbocycles. The lowest BCUT2D eigenvalue weighted by Crippen LogP contribution is -2.47. The fourth-order valence-electron chi connectivity index (χ4n) is 2.12. The molecular formula is C18H26N2O5. The number of anilines is 1. The van der Waals surface area contributed by atoms with Crippen molar-refractivity contribution in [3.05, 3.63) is 29.8 Å². The molecule has 1 aromatic rings. The highest BCUT2D eigenvalue weighted by atomic mass is 16.5. The summed E-state index contributed by atoms with van der Waals surface area (Å²) >= 11 is 0. The van der Waals surface area contributed by atoms with E-state index in [-0.39, 0.29) is 5.92 Å². The number of hydrogen-bond donors (Lipinski definition) is 1. The van der Waals surface area contributed by atoms with Gasteiger partial charge in [0.15, 0.2) is 6.61 Å². The van der Waals surface area contributed by atoms with E-state index in [4.69, 9.17) is 9.47 Å². The Morgan fingerprint density at radius 2 is 1.76 bits per heavy atom. The summed E-state index contributed by atoms with van der Waals surface area (Å²) < 4.78 is 9.70. The van der Waals surface area contributed by atoms with Crippen molar-refractivity contribution in [1.29, 1.82) is 0 Å². The molecule has 2 unspecified atom stereocenters. The van der Waals surface area contributed by atoms with Crippen molar-refractivity contribution in [1.82, 2.24) is 5.32 Å². The number of benzene rings is 1. The molecule has 0 saturated heterocycles. The zero-order valence-electron chi connectivity index (χ0n) is 15.4. The summed E-state index contributed by atoms with van der Waals surface area (Å²) in [6, 6.07) is 6.07. The van der Waals surface area contributed by atoms with Crippen LogP contribution in [0.4, 0.5) is 5.69 Å². The van der Waals surface area contributed by atoms with E-state index in [1.165, 1.54) is 7.11 Å². The van der Waals surface area contributed by atoms with Crippen molar-refractivity contribution in [3.8, 4) is 0 Å². The highest BCUT2D eigenvalue weighted by Gasteiger charge is 2.27. The third kappa shape index (κ3) is 6.10. The summed E-state index contributed by atoms with van der Waals surface area (Å²) in [5, 5.41) is 2.55. The summed E-state index contributed by atoms with van der Waals surface area (Å²) in [5.41, 5.74) is 1.30. The number of carbonyl (C=O) groups excluding carboxylic acids is 3. The van der Waals surface area contributed by atoms with Crippen LogP contribution in [-0.2, 0) is 19.1 Å². The van der Waals surface area contributed by atoms with Crippen molar-refractivity contribution in [2.75, 3.05) is 32.7 Å². The Bertz CT molecular complexity index is 598. The predicted molar refractivity (Wildman–Crippen MR) is 94.5 cm³/mol. The van der Waals surface area contributed by atoms with Gasteiger partial charge in [-0.3, -0.25) is 4.79 Å². The van der Waals surface area contributed by atoms with Gasteiger partial charge in [-0.1, -0.05) is 20.3 Å². The topological polar surface area (TPSA) is 84.9 Å². The Kier molecular flexibility index (Phi) is 7.91. The number of ether oxygens (including phenoxy) is 2. The Morgan fingerprint density at radius 3 is 2.24 bits per heavy atom. The zero-order valence-corrected chi connectivity index (χ0v) is 15.4. The maximum absolute atomic E-state index is 12.0. The van der Waals surface area contributed by atoms with Gasteiger partial charge >= 0.3 is 11.9 Å². The molecule has 0 aliphatic rings. The van der Waals surface area contributed by atoms with Gasteiger partial charge in [-0.15, -0.1) is 0 Å². The van der Waals surface area contributed by atoms with Gasteiger partial charge in [0.05, 0.1) is 12.7 Å². The van der Waals surface area contributed by atoms with Gasteiger partial charge in [0.25, 0.3) is 5.91 Å². The van der Waals surface area contributed by atoms with Gasteiger partial charge < -0.3 is 19.7 Å². The second kappa shape index (κ2) is 9.66. The smallest absolute Gasteiger partial charge is 0.338 e. The van der Waals surface area contributed by atoms with Gasteiger partial charge in [-0.2, -0.15) is 0 Å². The molecule has 1 amide bonds. The van der Waals surface area contributed by atoms with Crippen molar-refractivity contribution >= 4 is 23.5 Å². The molecule has 138 valence electrons. The van der Waals surface area contributed by atoms with Crippen molar-refractivity contribution in [2.45, 2.75) is 26.3 Å². The first-order chi connectivity index (χ1) is 11.8. The molecule has 0 fully saturated rings. The average molecular weight is 350 g/mol. The Morgan fingerprint density at radius 1 is 1.16 bits per heavy atom. The van der Waals surface area contributed by atoms with E-state index < -0.39 is 30.5 Å². The number of esters is 2. The molecule has 0 aliphatic heterocycles. The minimum atomic E-state index is -0.763. The SMILES string of the molecule is CCC(C)C(NC(=O)COC(=O)c1ccc(N(C)C)cc1)C(=O)OC. The van der Waals surface area contributed by atoms with Gasteiger partial charge in [0, 0.05) is 19.8 Å². The fourth-order valence-corrected chi connectivity index (χ4v) is 2.12. The molecule has 1 N–H and O–H groups in total. The summed E-state index contributed by atoms with van der Waals surface area (Å²) in [6.45, 7) is 3.28. The number of methoxy groups -OCH3 is 1. The molecule has 1 rings (SSSR count). The second-order valence-corrected chi connectivity index (χ2v) is 5.97. The summed E-state index contributed by atoms with van der Waals surface area (Å²) in [5.74, 6) is -1.76. The monoisotopic (exact) mass is 350 g/mol. The third-order valence-corrected chi connectivity index (χ3v) is 3.94. The van der Waals surface area contributed by atoms with Crippen LogP contribution in [-0.4, -0.2) is 51.7 Å². The van der Waals surface area contributed by atoms with Gasteiger partial charge in [-0.25, -0.2) is 9.59 Å². The van der Waals surface area contributed by atoms with E-state index in [9.17, 15) is 14.4 Å². The van der Waals surface area contributed by atoms with Crippen LogP contribution >= 0.6 is 0 Å². The lowest BCUT2D eigenvalue weighted by atomic mass is 9.99. The van der Waals surface area contributed by atoms with Crippen molar-refractivity contribution in [3.63, 3.8) is 0 Å². The number of amides is 1. The zero-order chi connectivity index (χ0) is 19.0. The largest absolute Gasteiger partial charge is 0.467 e. The quantitative estimate of drug-likeness (QED) is 0.717. The Labute approximate surface area is 148 Å². The van der Waals surface area contributed by atoms with Gasteiger partial charge in [0.2, 0.25) is 0 Å². The fraction of sp³-hybridized carbons (Fsp3) is 0.500. The van der Waals surface area contributed by atoms with E-state index in [2.05, 4.69) is 5.32 Å². The van der Waals surface area contributed by atoms with Crippen LogP contribution in [0.1, 0.15) is 30.6 Å². The van der Waals surface area contributed by atoms with E-state index in [0.29, 0.717) is 12.0 Å². The Balaban J connectivity index is 2.59. The number of carbonyl (C=O) groups is 3. The molecule has 0 aliphatic carbocycles. The number of nitrogens with zero attached hydrogens (tertiary/aromatic N) is 1. The minimum absolute atomic E-state index is 0.0920. The van der Waals surface area contributed by atoms with Crippen LogP contribution < -0.4 is 10.2 Å². The highest BCUT2D eigenvalue weighted by molar-refractivity contribution is 5.92. The van der Waals surface area contributed by atoms with Crippen LogP contribution in [0.3, 0.4) is 0 Å². The molecular weight excluding hydrogens is 324 g/mol. The molecule has 2 atom stereocenters. The van der Waals surface area contributed by atoms with Crippen LogP contribution in [0.5, 0.6) is 0 Å². The highest BCUT2D eigenvalue weighted by Crippen LogP contribution is 2.13. The normalized spacial score (nSPS) is 12.7. The van der Waals surface area contributed by atoms with Crippen LogP contribution in [0.2, 0.25) is 0 Å². The molecule has 25 heavy (non-hydrogen) atoms. The van der Waals surface area contributed by atoms with Crippen LogP contribution in [0, 0.1) is 5.92 Å². The molecule has 7 heteroatoms. The number of rotatable bonds is 8. The first-order valence-electron chi connectivity index (χ1n) is 8.11. The van der Waals surface area contributed by atoms with E-state index in [1.807, 2.05) is 32.8 Å². The lowest BCUT2D eigenvalue weighted by molar-refractivity contribution is -0.147. The van der Waals surface area contributed by atoms with E-state index in [0.717, 1.165) is 5.69 Å². The average Bonchev–Trinajstić information content (AvgIpc) is 2.62. The number of nitrogens with one attached hydrogen (secondary N) is 1. The van der Waals surface area contributed by atoms with E-state index >= 15 is 0 Å². The summed E-state index contributed by atoms with van der Waals surface area (Å²) in [4.78, 5) is 37.6. The molecule has 1 aromatic carbocycles. The molecule has 0 spiro atoms. The number of hydrogen-bond acceptors (Lipinski definition) is 6. The molecule has 0 radical (unpaired) electrons. The molecule has 0 heterocycles. The maximum Gasteiger partial charge on any atom is 0.338 e. The lowest BCUT2D eigenvalue weighted by Gasteiger charge is -2.21. The van der Waals surface area contributed by atoms with Crippen molar-refractivity contribution in [2.24, 2.45) is 5.92 Å². The standard InChI is InChI=1S/C18H26N2O5/c1-6-12(2)16(18(23)24-5)19-15(21)11-25-17(22)13-7-9-14(10-8-13)20(3)4/h7-10,12,16H,6,11H2,1-5H3,(H,19,21). The summed E-state index contributed by atoms with van der Waals surface area (Å²) in [7, 11) is 5.06. The molecule has 0 bridgehead atoms. The first kappa shape index (κ1) is 20.5. The first-order valence-corrected chi connectivity index (χ1v) is 8.11. The maximum atomic E-state index is 12.0. The van der Waals surface area contributed by atoms with E-state index in [1.54, 1.807) is 24.3 Å². The van der Waals surface area contributed by atoms with Gasteiger partial charge in [-0.05, 0) is 30.2 Å². The molecule has 0 aromatic heterocycles. The predicted octanol–water partition coefficient (Wildman–Crippen LogP) is 1.61. The molecule has 7 nitrogen and oxygen atoms in total. The summed E-state index contributed by atoms with van der Waals surface area (Å²) in [6.07, 6.45) is 0.693. The van der Waals surface area contributed by atoms with Gasteiger partial charge in [0.1, 0.15) is 6.04 Å². The second-order valence-electron chi connectivity index (χ2n) is 5.97. The third-order valence-electron chi connectivity index (χ3n) is 3.94. The van der Waals surface area contributed by atoms with Crippen LogP contribution in [0.25, 0.3) is 0 Å². The van der Waals surface area contributed by atoms with Crippen molar-refractivity contribution < 1.29 is 23.9 Å².